The van der Waals surface area contributed by atoms with Gasteiger partial charge in [-0.3, -0.25) is 4.79 Å². The van der Waals surface area contributed by atoms with E-state index in [0.717, 1.165) is 24.1 Å². The van der Waals surface area contributed by atoms with E-state index >= 15 is 0 Å². The summed E-state index contributed by atoms with van der Waals surface area (Å²) in [5.41, 5.74) is 3.88. The van der Waals surface area contributed by atoms with Crippen LogP contribution in [0.4, 0.5) is 11.6 Å². The zero-order valence-electron chi connectivity index (χ0n) is 14.9. The van der Waals surface area contributed by atoms with Gasteiger partial charge in [-0.1, -0.05) is 45.4 Å². The molecule has 5 nitrogen and oxygen atoms in total. The van der Waals surface area contributed by atoms with Gasteiger partial charge in [0.25, 0.3) is 5.91 Å². The van der Waals surface area contributed by atoms with Gasteiger partial charge < -0.3 is 10.6 Å². The van der Waals surface area contributed by atoms with Crippen LogP contribution in [0.2, 0.25) is 0 Å². The number of carbonyl (C=O) groups is 1. The highest BCUT2D eigenvalue weighted by molar-refractivity contribution is 5.93. The molecule has 24 heavy (non-hydrogen) atoms. The zero-order chi connectivity index (χ0) is 17.5. The molecule has 0 atom stereocenters. The van der Waals surface area contributed by atoms with Gasteiger partial charge in [-0.05, 0) is 30.4 Å². The van der Waals surface area contributed by atoms with E-state index in [2.05, 4.69) is 66.5 Å². The van der Waals surface area contributed by atoms with E-state index in [0.29, 0.717) is 24.0 Å². The quantitative estimate of drug-likeness (QED) is 0.749. The topological polar surface area (TPSA) is 66.9 Å². The van der Waals surface area contributed by atoms with Crippen molar-refractivity contribution in [2.24, 2.45) is 0 Å². The number of carbonyl (C=O) groups excluding carboxylic acids is 1. The Morgan fingerprint density at radius 2 is 1.92 bits per heavy atom. The van der Waals surface area contributed by atoms with Gasteiger partial charge in [0.15, 0.2) is 0 Å². The Bertz CT molecular complexity index is 680. The van der Waals surface area contributed by atoms with Crippen molar-refractivity contribution in [1.29, 1.82) is 0 Å². The third-order valence-corrected chi connectivity index (χ3v) is 3.89. The molecule has 0 spiro atoms. The average molecular weight is 326 g/mol. The number of nitrogens with one attached hydrogen (secondary N) is 2. The Morgan fingerprint density at radius 1 is 1.21 bits per heavy atom. The summed E-state index contributed by atoms with van der Waals surface area (Å²) < 4.78 is 0. The zero-order valence-corrected chi connectivity index (χ0v) is 14.9. The van der Waals surface area contributed by atoms with Gasteiger partial charge in [-0.25, -0.2) is 9.97 Å². The molecule has 0 aliphatic carbocycles. The third-order valence-electron chi connectivity index (χ3n) is 3.89. The average Bonchev–Trinajstić information content (AvgIpc) is 2.57. The Kier molecular flexibility index (Phi) is 6.29. The number of unbranched alkanes of at least 4 members (excludes halogenated alkanes) is 1. The van der Waals surface area contributed by atoms with Crippen LogP contribution in [0.1, 0.15) is 61.0 Å². The molecule has 0 aliphatic rings. The van der Waals surface area contributed by atoms with E-state index in [1.165, 1.54) is 5.56 Å². The first kappa shape index (κ1) is 17.9. The summed E-state index contributed by atoms with van der Waals surface area (Å²) in [5, 5.41) is 6.15. The van der Waals surface area contributed by atoms with Crippen LogP contribution in [0.5, 0.6) is 0 Å². The first-order chi connectivity index (χ1) is 11.5. The molecule has 0 unspecified atom stereocenters. The van der Waals surface area contributed by atoms with Crippen LogP contribution < -0.4 is 10.6 Å². The summed E-state index contributed by atoms with van der Waals surface area (Å²) >= 11 is 0. The molecule has 128 valence electrons. The van der Waals surface area contributed by atoms with Crippen LogP contribution in [-0.2, 0) is 0 Å². The van der Waals surface area contributed by atoms with Gasteiger partial charge in [-0.15, -0.1) is 0 Å². The summed E-state index contributed by atoms with van der Waals surface area (Å²) in [6, 6.07) is 6.22. The first-order valence-corrected chi connectivity index (χ1v) is 8.49. The number of hydrogen-bond acceptors (Lipinski definition) is 4. The fourth-order valence-electron chi connectivity index (χ4n) is 2.44. The van der Waals surface area contributed by atoms with Crippen molar-refractivity contribution in [2.45, 2.75) is 46.5 Å². The molecule has 0 bridgehead atoms. The smallest absolute Gasteiger partial charge is 0.254 e. The van der Waals surface area contributed by atoms with Crippen LogP contribution in [0.25, 0.3) is 0 Å². The van der Waals surface area contributed by atoms with Crippen molar-refractivity contribution in [1.82, 2.24) is 15.3 Å². The maximum atomic E-state index is 12.0. The van der Waals surface area contributed by atoms with Gasteiger partial charge in [-0.2, -0.15) is 0 Å². The molecule has 0 saturated heterocycles. The minimum absolute atomic E-state index is 0.131. The number of benzene rings is 1. The van der Waals surface area contributed by atoms with Crippen LogP contribution in [0.3, 0.4) is 0 Å². The highest BCUT2D eigenvalue weighted by Crippen LogP contribution is 2.29. The van der Waals surface area contributed by atoms with E-state index in [9.17, 15) is 4.79 Å². The lowest BCUT2D eigenvalue weighted by molar-refractivity contribution is 0.0952. The van der Waals surface area contributed by atoms with Crippen LogP contribution in [0, 0.1) is 6.92 Å². The molecule has 2 N–H and O–H groups in total. The fraction of sp³-hybridized carbons (Fsp3) is 0.421. The van der Waals surface area contributed by atoms with Crippen molar-refractivity contribution in [3.63, 3.8) is 0 Å². The molecule has 0 saturated carbocycles. The Hall–Kier alpha value is -2.43. The Morgan fingerprint density at radius 3 is 2.54 bits per heavy atom. The number of rotatable bonds is 7. The van der Waals surface area contributed by atoms with Gasteiger partial charge in [0.2, 0.25) is 5.95 Å². The third kappa shape index (κ3) is 4.54. The molecule has 2 rings (SSSR count). The lowest BCUT2D eigenvalue weighted by atomic mass is 9.98. The summed E-state index contributed by atoms with van der Waals surface area (Å²) in [7, 11) is 0. The summed E-state index contributed by atoms with van der Waals surface area (Å²) in [6.07, 6.45) is 5.14. The number of aryl methyl sites for hydroxylation is 1. The Labute approximate surface area is 143 Å². The van der Waals surface area contributed by atoms with E-state index < -0.39 is 0 Å². The number of amides is 1. The lowest BCUT2D eigenvalue weighted by Gasteiger charge is -2.16. The largest absolute Gasteiger partial charge is 0.352 e. The molecule has 5 heteroatoms. The molecular formula is C19H26N4O. The molecule has 1 heterocycles. The second-order valence-electron chi connectivity index (χ2n) is 6.22. The maximum absolute atomic E-state index is 12.0. The van der Waals surface area contributed by atoms with E-state index in [-0.39, 0.29) is 5.91 Å². The molecule has 0 aliphatic heterocycles. The van der Waals surface area contributed by atoms with Crippen LogP contribution >= 0.6 is 0 Å². The molecule has 0 fully saturated rings. The second-order valence-corrected chi connectivity index (χ2v) is 6.22. The molecule has 1 amide bonds. The maximum Gasteiger partial charge on any atom is 0.254 e. The number of para-hydroxylation sites is 1. The minimum atomic E-state index is -0.131. The minimum Gasteiger partial charge on any atom is -0.352 e. The van der Waals surface area contributed by atoms with Crippen molar-refractivity contribution < 1.29 is 4.79 Å². The van der Waals surface area contributed by atoms with Gasteiger partial charge in [0.05, 0.1) is 5.56 Å². The molecule has 1 aromatic heterocycles. The lowest BCUT2D eigenvalue weighted by Crippen LogP contribution is -2.24. The van der Waals surface area contributed by atoms with Gasteiger partial charge in [0, 0.05) is 24.6 Å². The normalized spacial score (nSPS) is 10.7. The van der Waals surface area contributed by atoms with Crippen molar-refractivity contribution in [3.8, 4) is 0 Å². The summed E-state index contributed by atoms with van der Waals surface area (Å²) in [4.78, 5) is 20.5. The number of anilines is 2. The van der Waals surface area contributed by atoms with Crippen LogP contribution in [0.15, 0.2) is 30.6 Å². The van der Waals surface area contributed by atoms with E-state index in [1.807, 2.05) is 0 Å². The predicted molar refractivity (Wildman–Crippen MR) is 97.8 cm³/mol. The first-order valence-electron chi connectivity index (χ1n) is 8.49. The molecule has 1 aromatic carbocycles. The summed E-state index contributed by atoms with van der Waals surface area (Å²) in [6.45, 7) is 9.14. The summed E-state index contributed by atoms with van der Waals surface area (Å²) in [5.74, 6) is 0.765. The molecular weight excluding hydrogens is 300 g/mol. The standard InChI is InChI=1S/C19H26N4O/c1-5-6-10-20-18(24)15-11-21-19(22-12-15)23-17-14(4)8-7-9-16(17)13(2)3/h7-9,11-13H,5-6,10H2,1-4H3,(H,20,24)(H,21,22,23). The van der Waals surface area contributed by atoms with Gasteiger partial charge in [0.1, 0.15) is 0 Å². The van der Waals surface area contributed by atoms with Crippen LogP contribution in [-0.4, -0.2) is 22.4 Å². The Balaban J connectivity index is 2.11. The predicted octanol–water partition coefficient (Wildman–Crippen LogP) is 4.18. The van der Waals surface area contributed by atoms with E-state index in [4.69, 9.17) is 0 Å². The van der Waals surface area contributed by atoms with Gasteiger partial charge >= 0.3 is 0 Å². The SMILES string of the molecule is CCCCNC(=O)c1cnc(Nc2c(C)cccc2C(C)C)nc1. The van der Waals surface area contributed by atoms with E-state index in [1.54, 1.807) is 12.4 Å². The monoisotopic (exact) mass is 326 g/mol. The second kappa shape index (κ2) is 8.43. The van der Waals surface area contributed by atoms with Crippen molar-refractivity contribution in [2.75, 3.05) is 11.9 Å². The fourth-order valence-corrected chi connectivity index (χ4v) is 2.44. The molecule has 2 aromatic rings. The number of aromatic nitrogens is 2. The highest BCUT2D eigenvalue weighted by Gasteiger charge is 2.11. The number of hydrogen-bond donors (Lipinski definition) is 2. The number of nitrogens with zero attached hydrogens (tertiary/aromatic N) is 2. The van der Waals surface area contributed by atoms with Crippen molar-refractivity contribution in [3.05, 3.63) is 47.3 Å². The highest BCUT2D eigenvalue weighted by atomic mass is 16.1. The van der Waals surface area contributed by atoms with Crippen molar-refractivity contribution >= 4 is 17.5 Å². The molecule has 0 radical (unpaired) electrons.